The topological polar surface area (TPSA) is 78.4 Å². The van der Waals surface area contributed by atoms with Crippen molar-refractivity contribution in [3.63, 3.8) is 0 Å². The van der Waals surface area contributed by atoms with Crippen molar-refractivity contribution in [1.82, 2.24) is 14.9 Å². The highest BCUT2D eigenvalue weighted by atomic mass is 19.3. The molecular weight excluding hydrogens is 481 g/mol. The van der Waals surface area contributed by atoms with Gasteiger partial charge < -0.3 is 15.3 Å². The van der Waals surface area contributed by atoms with Gasteiger partial charge >= 0.3 is 0 Å². The van der Waals surface area contributed by atoms with Crippen LogP contribution >= 0.6 is 0 Å². The number of nitrogens with zero attached hydrogens (tertiary/aromatic N) is 3. The van der Waals surface area contributed by atoms with Crippen LogP contribution in [0.15, 0.2) is 54.6 Å². The van der Waals surface area contributed by atoms with Crippen LogP contribution in [0.3, 0.4) is 0 Å². The molecular formula is C28H27F3N4O2. The molecule has 9 heteroatoms. The van der Waals surface area contributed by atoms with Crippen molar-refractivity contribution in [2.45, 2.75) is 32.7 Å². The summed E-state index contributed by atoms with van der Waals surface area (Å²) >= 11 is 0. The highest BCUT2D eigenvalue weighted by molar-refractivity contribution is 5.93. The molecule has 0 saturated carbocycles. The van der Waals surface area contributed by atoms with E-state index < -0.39 is 23.8 Å². The van der Waals surface area contributed by atoms with Gasteiger partial charge in [0.2, 0.25) is 5.91 Å². The molecule has 0 aliphatic rings. The molecule has 1 atom stereocenters. The predicted octanol–water partition coefficient (Wildman–Crippen LogP) is 6.19. The number of fused-ring (bicyclic) bond motifs is 1. The second kappa shape index (κ2) is 10.5. The molecule has 1 aromatic heterocycles. The second-order valence-corrected chi connectivity index (χ2v) is 9.08. The quantitative estimate of drug-likeness (QED) is 0.311. The van der Waals surface area contributed by atoms with Crippen molar-refractivity contribution >= 4 is 22.6 Å². The van der Waals surface area contributed by atoms with Crippen molar-refractivity contribution in [3.8, 4) is 16.9 Å². The fourth-order valence-corrected chi connectivity index (χ4v) is 4.10. The highest BCUT2D eigenvalue weighted by Crippen LogP contribution is 2.33. The molecule has 0 aliphatic heterocycles. The molecule has 0 spiro atoms. The average molecular weight is 509 g/mol. The van der Waals surface area contributed by atoms with Crippen LogP contribution in [0.1, 0.15) is 41.9 Å². The normalized spacial score (nSPS) is 12.1. The molecule has 192 valence electrons. The first-order valence-electron chi connectivity index (χ1n) is 11.7. The number of aromatic nitrogens is 2. The van der Waals surface area contributed by atoms with Crippen LogP contribution < -0.4 is 5.32 Å². The lowest BCUT2D eigenvalue weighted by atomic mass is 9.99. The van der Waals surface area contributed by atoms with E-state index in [-0.39, 0.29) is 23.6 Å². The number of nitrogens with one attached hydrogen (secondary N) is 1. The third-order valence-corrected chi connectivity index (χ3v) is 6.18. The Hall–Kier alpha value is -4.14. The van der Waals surface area contributed by atoms with Gasteiger partial charge in [0.05, 0.1) is 23.5 Å². The first-order valence-corrected chi connectivity index (χ1v) is 11.7. The number of alkyl halides is 2. The Morgan fingerprint density at radius 2 is 1.70 bits per heavy atom. The Morgan fingerprint density at radius 3 is 2.38 bits per heavy atom. The van der Waals surface area contributed by atoms with Crippen LogP contribution in [0, 0.1) is 12.7 Å². The molecule has 4 aromatic rings. The number of benzene rings is 3. The van der Waals surface area contributed by atoms with Gasteiger partial charge in [-0.25, -0.2) is 23.1 Å². The molecule has 1 amide bonds. The SMILES string of the molecule is Cc1nc(N[C@H](C)c2cccc(C(F)F)c2F)c2cc(-c3ccc(CC(=O)N(C)C)c(O)c3)ccc2n1. The number of phenols is 1. The number of carbonyl (C=O) groups excluding carboxylic acids is 1. The molecule has 3 aromatic carbocycles. The molecule has 2 N–H and O–H groups in total. The molecule has 0 unspecified atom stereocenters. The van der Waals surface area contributed by atoms with E-state index in [0.29, 0.717) is 28.1 Å². The lowest BCUT2D eigenvalue weighted by Crippen LogP contribution is -2.23. The van der Waals surface area contributed by atoms with Gasteiger partial charge in [-0.1, -0.05) is 36.4 Å². The van der Waals surface area contributed by atoms with Gasteiger partial charge in [0, 0.05) is 30.6 Å². The number of aryl methyl sites for hydroxylation is 1. The zero-order chi connectivity index (χ0) is 26.9. The number of hydrogen-bond acceptors (Lipinski definition) is 5. The molecule has 0 radical (unpaired) electrons. The number of likely N-dealkylation sites (N-methyl/N-ethyl adjacent to an activating group) is 1. The Kier molecular flexibility index (Phi) is 7.33. The molecule has 0 saturated heterocycles. The van der Waals surface area contributed by atoms with Gasteiger partial charge in [-0.15, -0.1) is 0 Å². The van der Waals surface area contributed by atoms with E-state index >= 15 is 0 Å². The zero-order valence-corrected chi connectivity index (χ0v) is 20.9. The van der Waals surface area contributed by atoms with Gasteiger partial charge in [0.25, 0.3) is 6.43 Å². The number of carbonyl (C=O) groups is 1. The Balaban J connectivity index is 1.70. The van der Waals surface area contributed by atoms with E-state index in [1.807, 2.05) is 24.3 Å². The number of anilines is 1. The fraction of sp³-hybridized carbons (Fsp3) is 0.250. The van der Waals surface area contributed by atoms with Crippen LogP contribution in [0.4, 0.5) is 19.0 Å². The largest absolute Gasteiger partial charge is 0.508 e. The van der Waals surface area contributed by atoms with Crippen LogP contribution in [0.5, 0.6) is 5.75 Å². The van der Waals surface area contributed by atoms with Gasteiger partial charge in [0.15, 0.2) is 0 Å². The molecule has 1 heterocycles. The molecule has 37 heavy (non-hydrogen) atoms. The van der Waals surface area contributed by atoms with E-state index in [0.717, 1.165) is 17.2 Å². The third kappa shape index (κ3) is 5.50. The first kappa shape index (κ1) is 25.9. The summed E-state index contributed by atoms with van der Waals surface area (Å²) in [7, 11) is 3.31. The van der Waals surface area contributed by atoms with Gasteiger partial charge in [0.1, 0.15) is 23.2 Å². The summed E-state index contributed by atoms with van der Waals surface area (Å²) in [5.74, 6) is -0.145. The maximum atomic E-state index is 14.7. The monoisotopic (exact) mass is 508 g/mol. The summed E-state index contributed by atoms with van der Waals surface area (Å²) in [6.45, 7) is 3.40. The highest BCUT2D eigenvalue weighted by Gasteiger charge is 2.20. The number of aromatic hydroxyl groups is 1. The zero-order valence-electron chi connectivity index (χ0n) is 20.9. The van der Waals surface area contributed by atoms with Crippen molar-refractivity contribution in [2.75, 3.05) is 19.4 Å². The lowest BCUT2D eigenvalue weighted by molar-refractivity contribution is -0.128. The lowest BCUT2D eigenvalue weighted by Gasteiger charge is -2.19. The minimum absolute atomic E-state index is 0.00862. The smallest absolute Gasteiger partial charge is 0.266 e. The summed E-state index contributed by atoms with van der Waals surface area (Å²) in [4.78, 5) is 22.4. The van der Waals surface area contributed by atoms with E-state index in [2.05, 4.69) is 15.3 Å². The maximum absolute atomic E-state index is 14.7. The molecule has 0 bridgehead atoms. The van der Waals surface area contributed by atoms with Crippen molar-refractivity contribution in [2.24, 2.45) is 0 Å². The summed E-state index contributed by atoms with van der Waals surface area (Å²) < 4.78 is 41.1. The summed E-state index contributed by atoms with van der Waals surface area (Å²) in [5, 5.41) is 14.3. The van der Waals surface area contributed by atoms with E-state index in [1.165, 1.54) is 17.0 Å². The summed E-state index contributed by atoms with van der Waals surface area (Å²) in [6, 6.07) is 13.9. The predicted molar refractivity (Wildman–Crippen MR) is 137 cm³/mol. The van der Waals surface area contributed by atoms with Gasteiger partial charge in [-0.3, -0.25) is 4.79 Å². The van der Waals surface area contributed by atoms with E-state index in [1.54, 1.807) is 40.1 Å². The van der Waals surface area contributed by atoms with Crippen molar-refractivity contribution < 1.29 is 23.1 Å². The van der Waals surface area contributed by atoms with Gasteiger partial charge in [-0.2, -0.15) is 0 Å². The third-order valence-electron chi connectivity index (χ3n) is 6.18. The number of phenolic OH excluding ortho intramolecular Hbond substituents is 1. The first-order chi connectivity index (χ1) is 17.5. The minimum atomic E-state index is -2.92. The standard InChI is InChI=1S/C28H27F3N4O2/c1-15(20-6-5-7-21(26(20)29)27(30)31)32-28-22-12-17(10-11-23(22)33-16(2)34-28)18-8-9-19(24(36)13-18)14-25(37)35(3)4/h5-13,15,27,36H,14H2,1-4H3,(H,32,33,34)/t15-/m1/s1. The number of rotatable bonds is 7. The summed E-state index contributed by atoms with van der Waals surface area (Å²) in [5.41, 5.74) is 2.11. The Labute approximate surface area is 212 Å². The minimum Gasteiger partial charge on any atom is -0.508 e. The summed E-state index contributed by atoms with van der Waals surface area (Å²) in [6.07, 6.45) is -2.83. The van der Waals surface area contributed by atoms with Crippen LogP contribution in [0.2, 0.25) is 0 Å². The number of halogens is 3. The van der Waals surface area contributed by atoms with E-state index in [9.17, 15) is 23.1 Å². The molecule has 0 aliphatic carbocycles. The Bertz CT molecular complexity index is 1470. The maximum Gasteiger partial charge on any atom is 0.266 e. The molecule has 0 fully saturated rings. The van der Waals surface area contributed by atoms with Crippen LogP contribution in [-0.2, 0) is 11.2 Å². The Morgan fingerprint density at radius 1 is 1.03 bits per heavy atom. The van der Waals surface area contributed by atoms with Gasteiger partial charge in [-0.05, 0) is 43.2 Å². The van der Waals surface area contributed by atoms with Crippen LogP contribution in [0.25, 0.3) is 22.0 Å². The molecule has 4 rings (SSSR count). The van der Waals surface area contributed by atoms with Crippen molar-refractivity contribution in [3.05, 3.63) is 82.9 Å². The number of hydrogen-bond donors (Lipinski definition) is 2. The van der Waals surface area contributed by atoms with Crippen molar-refractivity contribution in [1.29, 1.82) is 0 Å². The second-order valence-electron chi connectivity index (χ2n) is 9.08. The van der Waals surface area contributed by atoms with E-state index in [4.69, 9.17) is 0 Å². The van der Waals surface area contributed by atoms with Crippen LogP contribution in [-0.4, -0.2) is 40.0 Å². The number of amides is 1. The fourth-order valence-electron chi connectivity index (χ4n) is 4.10. The molecule has 6 nitrogen and oxygen atoms in total. The average Bonchev–Trinajstić information content (AvgIpc) is 2.84.